The van der Waals surface area contributed by atoms with Crippen LogP contribution in [-0.2, 0) is 0 Å². The third-order valence-electron chi connectivity index (χ3n) is 2.97. The Morgan fingerprint density at radius 2 is 2.25 bits per heavy atom. The lowest BCUT2D eigenvalue weighted by atomic mass is 10.1. The minimum absolute atomic E-state index is 0.233. The van der Waals surface area contributed by atoms with Crippen LogP contribution in [0.2, 0.25) is 0 Å². The number of nitrogens with zero attached hydrogens (tertiary/aromatic N) is 2. The van der Waals surface area contributed by atoms with Gasteiger partial charge in [0, 0.05) is 43.7 Å². The van der Waals surface area contributed by atoms with E-state index < -0.39 is 0 Å². The van der Waals surface area contributed by atoms with Crippen molar-refractivity contribution in [2.24, 2.45) is 0 Å². The van der Waals surface area contributed by atoms with Crippen LogP contribution in [0.4, 0.5) is 5.00 Å². The Morgan fingerprint density at radius 3 is 2.81 bits per heavy atom. The van der Waals surface area contributed by atoms with Crippen molar-refractivity contribution in [3.63, 3.8) is 0 Å². The van der Waals surface area contributed by atoms with Crippen LogP contribution >= 0.6 is 11.3 Å². The lowest BCUT2D eigenvalue weighted by molar-refractivity contribution is -0.380. The van der Waals surface area contributed by atoms with Gasteiger partial charge < -0.3 is 5.32 Å². The van der Waals surface area contributed by atoms with E-state index in [1.54, 1.807) is 6.07 Å². The molecule has 0 amide bonds. The average molecular weight is 241 g/mol. The van der Waals surface area contributed by atoms with Crippen LogP contribution in [0.3, 0.4) is 0 Å². The lowest BCUT2D eigenvalue weighted by Gasteiger charge is -2.32. The molecule has 0 spiro atoms. The van der Waals surface area contributed by atoms with Gasteiger partial charge in [0.2, 0.25) is 0 Å². The number of rotatable bonds is 3. The van der Waals surface area contributed by atoms with Crippen molar-refractivity contribution in [3.8, 4) is 0 Å². The molecule has 1 aliphatic rings. The van der Waals surface area contributed by atoms with E-state index in [4.69, 9.17) is 0 Å². The van der Waals surface area contributed by atoms with E-state index in [1.165, 1.54) is 11.3 Å². The van der Waals surface area contributed by atoms with E-state index in [-0.39, 0.29) is 16.0 Å². The highest BCUT2D eigenvalue weighted by molar-refractivity contribution is 7.13. The number of hydrogen-bond acceptors (Lipinski definition) is 5. The molecule has 16 heavy (non-hydrogen) atoms. The van der Waals surface area contributed by atoms with Crippen molar-refractivity contribution < 1.29 is 4.92 Å². The summed E-state index contributed by atoms with van der Waals surface area (Å²) in [6.07, 6.45) is 0. The van der Waals surface area contributed by atoms with Gasteiger partial charge in [-0.2, -0.15) is 0 Å². The minimum atomic E-state index is -0.321. The summed E-state index contributed by atoms with van der Waals surface area (Å²) < 4.78 is 0. The summed E-state index contributed by atoms with van der Waals surface area (Å²) in [7, 11) is 0. The van der Waals surface area contributed by atoms with E-state index in [9.17, 15) is 10.1 Å². The zero-order chi connectivity index (χ0) is 11.5. The zero-order valence-corrected chi connectivity index (χ0v) is 10.00. The van der Waals surface area contributed by atoms with Crippen molar-refractivity contribution in [3.05, 3.63) is 27.1 Å². The fourth-order valence-corrected chi connectivity index (χ4v) is 2.75. The smallest absolute Gasteiger partial charge is 0.314 e. The minimum Gasteiger partial charge on any atom is -0.314 e. The summed E-state index contributed by atoms with van der Waals surface area (Å²) in [6.45, 7) is 6.11. The molecular formula is C10H15N3O2S. The van der Waals surface area contributed by atoms with Gasteiger partial charge in [-0.25, -0.2) is 0 Å². The maximum Gasteiger partial charge on any atom is 0.324 e. The maximum absolute atomic E-state index is 10.6. The van der Waals surface area contributed by atoms with Crippen molar-refractivity contribution in [2.45, 2.75) is 13.0 Å². The Balaban J connectivity index is 2.07. The normalized spacial score (nSPS) is 19.6. The standard InChI is InChI=1S/C10H15N3O2S/c1-8(12-4-2-11-3-5-12)9-6-10(13(14)15)16-7-9/h6-8,11H,2-5H2,1H3/t8-/m0/s1. The predicted octanol–water partition coefficient (Wildman–Crippen LogP) is 1.62. The molecular weight excluding hydrogens is 226 g/mol. The van der Waals surface area contributed by atoms with Gasteiger partial charge in [-0.3, -0.25) is 15.0 Å². The van der Waals surface area contributed by atoms with Crippen molar-refractivity contribution in [1.82, 2.24) is 10.2 Å². The number of nitro groups is 1. The quantitative estimate of drug-likeness (QED) is 0.645. The molecule has 5 nitrogen and oxygen atoms in total. The molecule has 2 rings (SSSR count). The van der Waals surface area contributed by atoms with Gasteiger partial charge in [-0.05, 0) is 12.5 Å². The predicted molar refractivity (Wildman–Crippen MR) is 63.8 cm³/mol. The number of thiophene rings is 1. The molecule has 0 aliphatic carbocycles. The molecule has 6 heteroatoms. The molecule has 2 heterocycles. The van der Waals surface area contributed by atoms with Gasteiger partial charge >= 0.3 is 5.00 Å². The highest BCUT2D eigenvalue weighted by atomic mass is 32.1. The third kappa shape index (κ3) is 2.40. The fraction of sp³-hybridized carbons (Fsp3) is 0.600. The van der Waals surface area contributed by atoms with Crippen LogP contribution in [0.15, 0.2) is 11.4 Å². The Bertz CT molecular complexity index is 374. The third-order valence-corrected chi connectivity index (χ3v) is 3.87. The van der Waals surface area contributed by atoms with E-state index in [0.717, 1.165) is 31.7 Å². The molecule has 1 saturated heterocycles. The van der Waals surface area contributed by atoms with Crippen molar-refractivity contribution in [2.75, 3.05) is 26.2 Å². The van der Waals surface area contributed by atoms with Gasteiger partial charge in [0.25, 0.3) is 0 Å². The van der Waals surface area contributed by atoms with Gasteiger partial charge in [-0.1, -0.05) is 11.3 Å². The monoisotopic (exact) mass is 241 g/mol. The molecule has 0 radical (unpaired) electrons. The Hall–Kier alpha value is -0.980. The van der Waals surface area contributed by atoms with Crippen LogP contribution in [0.5, 0.6) is 0 Å². The SMILES string of the molecule is C[C@@H](c1csc([N+](=O)[O-])c1)N1CCNCC1. The highest BCUT2D eigenvalue weighted by Gasteiger charge is 2.21. The first kappa shape index (κ1) is 11.5. The van der Waals surface area contributed by atoms with E-state index in [1.807, 2.05) is 5.38 Å². The zero-order valence-electron chi connectivity index (χ0n) is 9.18. The second kappa shape index (κ2) is 4.90. The highest BCUT2D eigenvalue weighted by Crippen LogP contribution is 2.29. The summed E-state index contributed by atoms with van der Waals surface area (Å²) in [5, 5.41) is 16.0. The second-order valence-electron chi connectivity index (χ2n) is 3.94. The summed E-state index contributed by atoms with van der Waals surface area (Å²) in [5.74, 6) is 0. The van der Waals surface area contributed by atoms with Crippen LogP contribution in [0.1, 0.15) is 18.5 Å². The van der Waals surface area contributed by atoms with E-state index in [0.29, 0.717) is 0 Å². The van der Waals surface area contributed by atoms with Crippen molar-refractivity contribution in [1.29, 1.82) is 0 Å². The average Bonchev–Trinajstić information content (AvgIpc) is 2.78. The van der Waals surface area contributed by atoms with Gasteiger partial charge in [0.1, 0.15) is 0 Å². The molecule has 1 aromatic heterocycles. The van der Waals surface area contributed by atoms with Gasteiger partial charge in [-0.15, -0.1) is 0 Å². The topological polar surface area (TPSA) is 58.4 Å². The molecule has 1 N–H and O–H groups in total. The number of nitrogens with one attached hydrogen (secondary N) is 1. The number of hydrogen-bond donors (Lipinski definition) is 1. The first-order valence-corrected chi connectivity index (χ1v) is 6.24. The maximum atomic E-state index is 10.6. The van der Waals surface area contributed by atoms with Crippen LogP contribution < -0.4 is 5.32 Å². The molecule has 0 aromatic carbocycles. The number of piperazine rings is 1. The molecule has 1 fully saturated rings. The Morgan fingerprint density at radius 1 is 1.56 bits per heavy atom. The molecule has 0 unspecified atom stereocenters. The largest absolute Gasteiger partial charge is 0.324 e. The Labute approximate surface area is 98.2 Å². The summed E-state index contributed by atoms with van der Waals surface area (Å²) in [5.41, 5.74) is 1.05. The lowest BCUT2D eigenvalue weighted by Crippen LogP contribution is -2.44. The van der Waals surface area contributed by atoms with Gasteiger partial charge in [0.15, 0.2) is 0 Å². The Kier molecular flexibility index (Phi) is 3.52. The molecule has 0 saturated carbocycles. The molecule has 0 bridgehead atoms. The van der Waals surface area contributed by atoms with Crippen molar-refractivity contribution >= 4 is 16.3 Å². The first-order valence-electron chi connectivity index (χ1n) is 5.36. The molecule has 1 aliphatic heterocycles. The first-order chi connectivity index (χ1) is 7.68. The summed E-state index contributed by atoms with van der Waals surface area (Å²) >= 11 is 1.21. The summed E-state index contributed by atoms with van der Waals surface area (Å²) in [4.78, 5) is 12.6. The second-order valence-corrected chi connectivity index (χ2v) is 4.83. The van der Waals surface area contributed by atoms with Gasteiger partial charge in [0.05, 0.1) is 4.92 Å². The molecule has 1 atom stereocenters. The van der Waals surface area contributed by atoms with Crippen LogP contribution in [0, 0.1) is 10.1 Å². The van der Waals surface area contributed by atoms with E-state index in [2.05, 4.69) is 17.1 Å². The van der Waals surface area contributed by atoms with E-state index >= 15 is 0 Å². The van der Waals surface area contributed by atoms with Crippen LogP contribution in [0.25, 0.3) is 0 Å². The summed E-state index contributed by atoms with van der Waals surface area (Å²) in [6, 6.07) is 1.96. The van der Waals surface area contributed by atoms with Crippen LogP contribution in [-0.4, -0.2) is 36.0 Å². The fourth-order valence-electron chi connectivity index (χ4n) is 1.93. The molecule has 1 aromatic rings. The molecule has 88 valence electrons.